The molecular formula is C17H23N3O2. The topological polar surface area (TPSA) is 66.9 Å². The summed E-state index contributed by atoms with van der Waals surface area (Å²) >= 11 is 0. The van der Waals surface area contributed by atoms with Crippen LogP contribution in [0.3, 0.4) is 0 Å². The van der Waals surface area contributed by atoms with Gasteiger partial charge in [-0.2, -0.15) is 0 Å². The molecule has 0 saturated heterocycles. The summed E-state index contributed by atoms with van der Waals surface area (Å²) < 4.78 is 1.21. The molecule has 5 heteroatoms. The minimum Gasteiger partial charge on any atom is -0.369 e. The number of rotatable bonds is 6. The Bertz CT molecular complexity index is 685. The van der Waals surface area contributed by atoms with Crippen LogP contribution >= 0.6 is 0 Å². The average Bonchev–Trinajstić information content (AvgIpc) is 2.45. The van der Waals surface area contributed by atoms with Crippen LogP contribution in [0.1, 0.15) is 38.8 Å². The fourth-order valence-corrected chi connectivity index (χ4v) is 2.44. The van der Waals surface area contributed by atoms with Crippen molar-refractivity contribution in [2.45, 2.75) is 45.7 Å². The molecule has 0 aliphatic carbocycles. The van der Waals surface area contributed by atoms with E-state index in [1.54, 1.807) is 0 Å². The lowest BCUT2D eigenvalue weighted by atomic mass is 10.1. The van der Waals surface area contributed by atoms with Crippen LogP contribution in [0.25, 0.3) is 0 Å². The first kappa shape index (κ1) is 16.1. The average molecular weight is 301 g/mol. The van der Waals surface area contributed by atoms with E-state index in [1.807, 2.05) is 39.0 Å². The van der Waals surface area contributed by atoms with Crippen LogP contribution < -0.4 is 16.6 Å². The van der Waals surface area contributed by atoms with E-state index < -0.39 is 0 Å². The summed E-state index contributed by atoms with van der Waals surface area (Å²) in [5.41, 5.74) is 0.622. The van der Waals surface area contributed by atoms with Gasteiger partial charge in [-0.05, 0) is 39.2 Å². The molecule has 1 heterocycles. The number of nitrogens with zero attached hydrogens (tertiary/aromatic N) is 1. The fourth-order valence-electron chi connectivity index (χ4n) is 2.44. The quantitative estimate of drug-likeness (QED) is 0.861. The number of anilines is 1. The lowest BCUT2D eigenvalue weighted by molar-refractivity contribution is 0.546. The Kier molecular flexibility index (Phi) is 5.20. The Hall–Kier alpha value is -2.30. The van der Waals surface area contributed by atoms with Gasteiger partial charge in [0.15, 0.2) is 0 Å². The molecule has 0 saturated carbocycles. The highest BCUT2D eigenvalue weighted by Crippen LogP contribution is 2.08. The van der Waals surface area contributed by atoms with Crippen molar-refractivity contribution in [2.24, 2.45) is 0 Å². The molecule has 118 valence electrons. The lowest BCUT2D eigenvalue weighted by Gasteiger charge is -2.16. The highest BCUT2D eigenvalue weighted by Gasteiger charge is 2.09. The number of aromatic amines is 1. The molecule has 22 heavy (non-hydrogen) atoms. The highest BCUT2D eigenvalue weighted by molar-refractivity contribution is 5.33. The maximum Gasteiger partial charge on any atom is 0.330 e. The van der Waals surface area contributed by atoms with E-state index in [0.29, 0.717) is 5.82 Å². The van der Waals surface area contributed by atoms with Crippen molar-refractivity contribution in [3.8, 4) is 0 Å². The number of hydrogen-bond acceptors (Lipinski definition) is 3. The van der Waals surface area contributed by atoms with Crippen molar-refractivity contribution in [3.63, 3.8) is 0 Å². The summed E-state index contributed by atoms with van der Waals surface area (Å²) in [5.74, 6) is 0.479. The zero-order valence-corrected chi connectivity index (χ0v) is 13.3. The van der Waals surface area contributed by atoms with Gasteiger partial charge in [-0.15, -0.1) is 0 Å². The van der Waals surface area contributed by atoms with Gasteiger partial charge in [0.05, 0.1) is 0 Å². The molecular weight excluding hydrogens is 278 g/mol. The molecule has 0 fully saturated rings. The molecule has 2 N–H and O–H groups in total. The second kappa shape index (κ2) is 7.11. The van der Waals surface area contributed by atoms with E-state index in [1.165, 1.54) is 16.2 Å². The second-order valence-electron chi connectivity index (χ2n) is 5.86. The smallest absolute Gasteiger partial charge is 0.330 e. The van der Waals surface area contributed by atoms with Crippen molar-refractivity contribution < 1.29 is 0 Å². The summed E-state index contributed by atoms with van der Waals surface area (Å²) in [7, 11) is 0. The van der Waals surface area contributed by atoms with Crippen LogP contribution in [-0.4, -0.2) is 15.6 Å². The predicted molar refractivity (Wildman–Crippen MR) is 89.6 cm³/mol. The van der Waals surface area contributed by atoms with Crippen molar-refractivity contribution in [1.29, 1.82) is 0 Å². The molecule has 2 rings (SSSR count). The van der Waals surface area contributed by atoms with E-state index in [9.17, 15) is 9.59 Å². The van der Waals surface area contributed by atoms with E-state index in [4.69, 9.17) is 0 Å². The van der Waals surface area contributed by atoms with Crippen molar-refractivity contribution in [3.05, 3.63) is 62.8 Å². The van der Waals surface area contributed by atoms with Gasteiger partial charge < -0.3 is 5.32 Å². The van der Waals surface area contributed by atoms with Crippen molar-refractivity contribution in [1.82, 2.24) is 9.55 Å². The first-order valence-electron chi connectivity index (χ1n) is 7.63. The van der Waals surface area contributed by atoms with Crippen LogP contribution in [0.15, 0.2) is 46.0 Å². The molecule has 1 unspecified atom stereocenters. The molecule has 5 nitrogen and oxygen atoms in total. The number of aryl methyl sites for hydroxylation is 1. The molecule has 1 aromatic heterocycles. The third-order valence-corrected chi connectivity index (χ3v) is 3.59. The first-order valence-corrected chi connectivity index (χ1v) is 7.63. The van der Waals surface area contributed by atoms with Crippen molar-refractivity contribution >= 4 is 5.82 Å². The van der Waals surface area contributed by atoms with Crippen LogP contribution in [0, 0.1) is 0 Å². The fraction of sp³-hybridized carbons (Fsp3) is 0.412. The van der Waals surface area contributed by atoms with Gasteiger partial charge in [0.25, 0.3) is 5.56 Å². The zero-order valence-electron chi connectivity index (χ0n) is 13.3. The summed E-state index contributed by atoms with van der Waals surface area (Å²) in [6, 6.07) is 11.7. The largest absolute Gasteiger partial charge is 0.369 e. The SMILES string of the molecule is CC(CCc1ccccc1)Nc1cc(=O)n(C(C)C)c(=O)[nH]1. The van der Waals surface area contributed by atoms with Crippen LogP contribution in [0.5, 0.6) is 0 Å². The maximum atomic E-state index is 12.0. The van der Waals surface area contributed by atoms with Crippen LogP contribution in [0.4, 0.5) is 5.82 Å². The maximum absolute atomic E-state index is 12.0. The van der Waals surface area contributed by atoms with Gasteiger partial charge in [0.1, 0.15) is 5.82 Å². The highest BCUT2D eigenvalue weighted by atomic mass is 16.2. The van der Waals surface area contributed by atoms with Gasteiger partial charge in [0.2, 0.25) is 0 Å². The third-order valence-electron chi connectivity index (χ3n) is 3.59. The zero-order chi connectivity index (χ0) is 16.1. The van der Waals surface area contributed by atoms with Crippen LogP contribution in [0.2, 0.25) is 0 Å². The minimum absolute atomic E-state index is 0.152. The van der Waals surface area contributed by atoms with Gasteiger partial charge >= 0.3 is 5.69 Å². The number of hydrogen-bond donors (Lipinski definition) is 2. The number of aromatic nitrogens is 2. The van der Waals surface area contributed by atoms with E-state index in [2.05, 4.69) is 22.4 Å². The monoisotopic (exact) mass is 301 g/mol. The van der Waals surface area contributed by atoms with Crippen molar-refractivity contribution in [2.75, 3.05) is 5.32 Å². The van der Waals surface area contributed by atoms with Gasteiger partial charge in [0, 0.05) is 18.2 Å². The molecule has 0 spiro atoms. The molecule has 0 radical (unpaired) electrons. The number of benzene rings is 1. The Morgan fingerprint density at radius 3 is 2.41 bits per heavy atom. The van der Waals surface area contributed by atoms with Gasteiger partial charge in [-0.1, -0.05) is 30.3 Å². The number of H-pyrrole nitrogens is 1. The van der Waals surface area contributed by atoms with Gasteiger partial charge in [-0.25, -0.2) is 4.79 Å². The molecule has 0 bridgehead atoms. The summed E-state index contributed by atoms with van der Waals surface area (Å²) in [6.07, 6.45) is 1.86. The molecule has 2 aromatic rings. The molecule has 0 aliphatic rings. The molecule has 0 amide bonds. The standard InChI is InChI=1S/C17H23N3O2/c1-12(2)20-16(21)11-15(19-17(20)22)18-13(3)9-10-14-7-5-4-6-8-14/h4-8,11-13,18H,9-10H2,1-3H3,(H,19,22). The summed E-state index contributed by atoms with van der Waals surface area (Å²) in [4.78, 5) is 26.6. The Morgan fingerprint density at radius 1 is 1.14 bits per heavy atom. The minimum atomic E-state index is -0.375. The predicted octanol–water partition coefficient (Wildman–Crippen LogP) is 2.55. The Balaban J connectivity index is 2.01. The van der Waals surface area contributed by atoms with E-state index >= 15 is 0 Å². The Labute approximate surface area is 130 Å². The van der Waals surface area contributed by atoms with Gasteiger partial charge in [-0.3, -0.25) is 14.3 Å². The summed E-state index contributed by atoms with van der Waals surface area (Å²) in [6.45, 7) is 5.66. The molecule has 1 aromatic carbocycles. The number of nitrogens with one attached hydrogen (secondary N) is 2. The Morgan fingerprint density at radius 2 is 1.82 bits per heavy atom. The lowest BCUT2D eigenvalue weighted by Crippen LogP contribution is -2.37. The van der Waals surface area contributed by atoms with E-state index in [-0.39, 0.29) is 23.3 Å². The van der Waals surface area contributed by atoms with Crippen LogP contribution in [-0.2, 0) is 6.42 Å². The van der Waals surface area contributed by atoms with E-state index in [0.717, 1.165) is 12.8 Å². The normalized spacial score (nSPS) is 12.4. The second-order valence-corrected chi connectivity index (χ2v) is 5.86. The molecule has 0 aliphatic heterocycles. The first-order chi connectivity index (χ1) is 10.5. The molecule has 1 atom stereocenters. The third kappa shape index (κ3) is 4.10. The summed E-state index contributed by atoms with van der Waals surface area (Å²) in [5, 5.41) is 3.19.